The molecule has 1 saturated heterocycles. The molecule has 6 nitrogen and oxygen atoms in total. The summed E-state index contributed by atoms with van der Waals surface area (Å²) in [5.74, 6) is -1.11. The second kappa shape index (κ2) is 6.05. The SMILES string of the molecule is CN(C)CCCC1(c2ccccc2)C(=O)NC(=O)NC1=O. The summed E-state index contributed by atoms with van der Waals surface area (Å²) in [6.45, 7) is 0.753. The van der Waals surface area contributed by atoms with E-state index < -0.39 is 23.3 Å². The van der Waals surface area contributed by atoms with Crippen molar-refractivity contribution in [2.24, 2.45) is 0 Å². The first kappa shape index (κ1) is 15.2. The molecule has 1 aromatic rings. The van der Waals surface area contributed by atoms with E-state index in [0.29, 0.717) is 18.4 Å². The Balaban J connectivity index is 2.36. The number of nitrogens with zero attached hydrogens (tertiary/aromatic N) is 1. The molecule has 0 radical (unpaired) electrons. The zero-order valence-corrected chi connectivity index (χ0v) is 12.2. The summed E-state index contributed by atoms with van der Waals surface area (Å²) in [6.07, 6.45) is 1.01. The monoisotopic (exact) mass is 289 g/mol. The van der Waals surface area contributed by atoms with Crippen LogP contribution in [0.15, 0.2) is 30.3 Å². The molecule has 0 atom stereocenters. The Morgan fingerprint density at radius 2 is 1.57 bits per heavy atom. The van der Waals surface area contributed by atoms with Crippen molar-refractivity contribution in [3.8, 4) is 0 Å². The Morgan fingerprint density at radius 1 is 1.00 bits per heavy atom. The van der Waals surface area contributed by atoms with Gasteiger partial charge in [0.25, 0.3) is 0 Å². The third kappa shape index (κ3) is 2.95. The number of benzene rings is 1. The van der Waals surface area contributed by atoms with Gasteiger partial charge in [0.15, 0.2) is 5.41 Å². The molecule has 0 saturated carbocycles. The van der Waals surface area contributed by atoms with E-state index in [-0.39, 0.29) is 0 Å². The number of amides is 4. The first-order chi connectivity index (χ1) is 9.96. The molecular formula is C15H19N3O3. The van der Waals surface area contributed by atoms with Gasteiger partial charge >= 0.3 is 6.03 Å². The minimum absolute atomic E-state index is 0.347. The van der Waals surface area contributed by atoms with E-state index >= 15 is 0 Å². The lowest BCUT2D eigenvalue weighted by Crippen LogP contribution is -2.64. The van der Waals surface area contributed by atoms with E-state index in [1.807, 2.05) is 25.1 Å². The predicted molar refractivity (Wildman–Crippen MR) is 77.6 cm³/mol. The van der Waals surface area contributed by atoms with E-state index in [4.69, 9.17) is 0 Å². The molecule has 0 aromatic heterocycles. The highest BCUT2D eigenvalue weighted by Gasteiger charge is 2.51. The van der Waals surface area contributed by atoms with Crippen molar-refractivity contribution in [2.75, 3.05) is 20.6 Å². The minimum Gasteiger partial charge on any atom is -0.309 e. The molecule has 1 aliphatic rings. The van der Waals surface area contributed by atoms with Crippen LogP contribution in [0.1, 0.15) is 18.4 Å². The summed E-state index contributed by atoms with van der Waals surface area (Å²) in [5.41, 5.74) is -0.739. The molecule has 1 heterocycles. The number of nitrogens with one attached hydrogen (secondary N) is 2. The smallest absolute Gasteiger partial charge is 0.309 e. The topological polar surface area (TPSA) is 78.5 Å². The van der Waals surface area contributed by atoms with Gasteiger partial charge in [0, 0.05) is 0 Å². The fourth-order valence-corrected chi connectivity index (χ4v) is 2.57. The summed E-state index contributed by atoms with van der Waals surface area (Å²) < 4.78 is 0. The highest BCUT2D eigenvalue weighted by molar-refractivity contribution is 6.22. The summed E-state index contributed by atoms with van der Waals surface area (Å²) in [4.78, 5) is 38.1. The number of imide groups is 2. The van der Waals surface area contributed by atoms with Gasteiger partial charge in [-0.3, -0.25) is 20.2 Å². The van der Waals surface area contributed by atoms with E-state index in [9.17, 15) is 14.4 Å². The lowest BCUT2D eigenvalue weighted by Gasteiger charge is -2.34. The van der Waals surface area contributed by atoms with Gasteiger partial charge in [0.1, 0.15) is 0 Å². The molecule has 0 bridgehead atoms. The number of hydrogen-bond donors (Lipinski definition) is 2. The van der Waals surface area contributed by atoms with Crippen molar-refractivity contribution >= 4 is 17.8 Å². The van der Waals surface area contributed by atoms with E-state index in [1.165, 1.54) is 0 Å². The van der Waals surface area contributed by atoms with E-state index in [0.717, 1.165) is 6.54 Å². The summed E-state index contributed by atoms with van der Waals surface area (Å²) in [5, 5.41) is 4.43. The quantitative estimate of drug-likeness (QED) is 0.779. The Labute approximate surface area is 123 Å². The van der Waals surface area contributed by atoms with Crippen molar-refractivity contribution in [2.45, 2.75) is 18.3 Å². The highest BCUT2D eigenvalue weighted by atomic mass is 16.2. The van der Waals surface area contributed by atoms with Gasteiger partial charge in [0.2, 0.25) is 11.8 Å². The second-order valence-corrected chi connectivity index (χ2v) is 5.42. The Bertz CT molecular complexity index is 535. The number of rotatable bonds is 5. The minimum atomic E-state index is -1.34. The largest absolute Gasteiger partial charge is 0.328 e. The molecule has 1 fully saturated rings. The van der Waals surface area contributed by atoms with Gasteiger partial charge in [-0.05, 0) is 39.0 Å². The van der Waals surface area contributed by atoms with Crippen LogP contribution in [0.2, 0.25) is 0 Å². The standard InChI is InChI=1S/C15H19N3O3/c1-18(2)10-6-9-15(11-7-4-3-5-8-11)12(19)16-14(21)17-13(15)20/h3-5,7-8H,6,9-10H2,1-2H3,(H2,16,17,19,20,21). The first-order valence-corrected chi connectivity index (χ1v) is 6.84. The van der Waals surface area contributed by atoms with Crippen LogP contribution in [0.4, 0.5) is 4.79 Å². The van der Waals surface area contributed by atoms with E-state index in [2.05, 4.69) is 10.6 Å². The molecule has 2 N–H and O–H groups in total. The van der Waals surface area contributed by atoms with Gasteiger partial charge in [0.05, 0.1) is 0 Å². The van der Waals surface area contributed by atoms with Crippen LogP contribution in [0.5, 0.6) is 0 Å². The van der Waals surface area contributed by atoms with Gasteiger partial charge in [-0.15, -0.1) is 0 Å². The molecule has 2 rings (SSSR count). The molecule has 6 heteroatoms. The number of urea groups is 1. The second-order valence-electron chi connectivity index (χ2n) is 5.42. The molecule has 1 aromatic carbocycles. The van der Waals surface area contributed by atoms with Gasteiger partial charge in [-0.2, -0.15) is 0 Å². The lowest BCUT2D eigenvalue weighted by molar-refractivity contribution is -0.139. The van der Waals surface area contributed by atoms with Gasteiger partial charge in [-0.1, -0.05) is 30.3 Å². The molecule has 112 valence electrons. The molecule has 0 spiro atoms. The average Bonchev–Trinajstić information content (AvgIpc) is 2.42. The van der Waals surface area contributed by atoms with Crippen molar-refractivity contribution in [3.05, 3.63) is 35.9 Å². The maximum absolute atomic E-state index is 12.4. The van der Waals surface area contributed by atoms with E-state index in [1.54, 1.807) is 24.3 Å². The zero-order chi connectivity index (χ0) is 15.5. The zero-order valence-electron chi connectivity index (χ0n) is 12.2. The third-order valence-electron chi connectivity index (χ3n) is 3.65. The summed E-state index contributed by atoms with van der Waals surface area (Å²) in [7, 11) is 3.86. The number of carbonyl (C=O) groups excluding carboxylic acids is 3. The molecule has 21 heavy (non-hydrogen) atoms. The fraction of sp³-hybridized carbons (Fsp3) is 0.400. The number of carbonyl (C=O) groups is 3. The van der Waals surface area contributed by atoms with Crippen molar-refractivity contribution in [1.29, 1.82) is 0 Å². The summed E-state index contributed by atoms with van der Waals surface area (Å²) in [6, 6.07) is 8.10. The van der Waals surface area contributed by atoms with Gasteiger partial charge < -0.3 is 4.90 Å². The van der Waals surface area contributed by atoms with Crippen molar-refractivity contribution < 1.29 is 14.4 Å². The molecule has 0 unspecified atom stereocenters. The van der Waals surface area contributed by atoms with Crippen LogP contribution in [-0.2, 0) is 15.0 Å². The Morgan fingerprint density at radius 3 is 2.10 bits per heavy atom. The molecule has 1 aliphatic heterocycles. The highest BCUT2D eigenvalue weighted by Crippen LogP contribution is 2.32. The normalized spacial score (nSPS) is 17.6. The maximum atomic E-state index is 12.4. The number of hydrogen-bond acceptors (Lipinski definition) is 4. The molecule has 0 aliphatic carbocycles. The molecule has 4 amide bonds. The van der Waals surface area contributed by atoms with Crippen molar-refractivity contribution in [3.63, 3.8) is 0 Å². The molecular weight excluding hydrogens is 270 g/mol. The van der Waals surface area contributed by atoms with Crippen LogP contribution < -0.4 is 10.6 Å². The van der Waals surface area contributed by atoms with Crippen molar-refractivity contribution in [1.82, 2.24) is 15.5 Å². The Hall–Kier alpha value is -2.21. The summed E-state index contributed by atoms with van der Waals surface area (Å²) >= 11 is 0. The Kier molecular flexibility index (Phi) is 4.37. The van der Waals surface area contributed by atoms with Crippen LogP contribution >= 0.6 is 0 Å². The van der Waals surface area contributed by atoms with Crippen LogP contribution in [0.3, 0.4) is 0 Å². The van der Waals surface area contributed by atoms with Crippen LogP contribution in [-0.4, -0.2) is 43.4 Å². The fourth-order valence-electron chi connectivity index (χ4n) is 2.57. The number of barbiturate groups is 1. The van der Waals surface area contributed by atoms with Gasteiger partial charge in [-0.25, -0.2) is 4.79 Å². The van der Waals surface area contributed by atoms with Crippen LogP contribution in [0.25, 0.3) is 0 Å². The lowest BCUT2D eigenvalue weighted by atomic mass is 9.74. The van der Waals surface area contributed by atoms with Crippen LogP contribution in [0, 0.1) is 0 Å². The first-order valence-electron chi connectivity index (χ1n) is 6.84. The maximum Gasteiger partial charge on any atom is 0.328 e. The third-order valence-corrected chi connectivity index (χ3v) is 3.65. The predicted octanol–water partition coefficient (Wildman–Crippen LogP) is 0.632. The average molecular weight is 289 g/mol.